The van der Waals surface area contributed by atoms with E-state index in [9.17, 15) is 14.7 Å². The highest BCUT2D eigenvalue weighted by molar-refractivity contribution is 6.32. The van der Waals surface area contributed by atoms with Gasteiger partial charge in [-0.2, -0.15) is 0 Å². The topological polar surface area (TPSA) is 85.3 Å². The third-order valence-corrected chi connectivity index (χ3v) is 5.93. The van der Waals surface area contributed by atoms with Crippen LogP contribution in [0.4, 0.5) is 4.79 Å². The number of halogens is 1. The van der Waals surface area contributed by atoms with E-state index in [1.165, 1.54) is 6.42 Å². The van der Waals surface area contributed by atoms with Crippen molar-refractivity contribution in [3.8, 4) is 11.5 Å². The zero-order valence-corrected chi connectivity index (χ0v) is 19.5. The van der Waals surface area contributed by atoms with Crippen LogP contribution in [0.1, 0.15) is 31.7 Å². The molecule has 1 saturated carbocycles. The molecule has 178 valence electrons. The molecule has 7 nitrogen and oxygen atoms in total. The number of amides is 1. The molecule has 0 aromatic heterocycles. The van der Waals surface area contributed by atoms with Crippen LogP contribution in [0, 0.1) is 5.92 Å². The van der Waals surface area contributed by atoms with Crippen LogP contribution in [0.3, 0.4) is 0 Å². The standard InChI is InChI=1S/C25H30ClNO6/c1-2-31-23(24(28)29)16-18-10-12-20(13-11-18)32-15-14-27(17-19-6-5-7-19)25(30)33-22-9-4-3-8-21(22)26/h3-4,8-13,19,23H,2,5-7,14-17H2,1H3,(H,28,29). The van der Waals surface area contributed by atoms with Crippen molar-refractivity contribution < 1.29 is 28.9 Å². The van der Waals surface area contributed by atoms with Crippen LogP contribution in [-0.4, -0.2) is 54.5 Å². The first-order valence-electron chi connectivity index (χ1n) is 11.2. The molecule has 1 unspecified atom stereocenters. The fourth-order valence-corrected chi connectivity index (χ4v) is 3.73. The van der Waals surface area contributed by atoms with Crippen molar-refractivity contribution in [1.29, 1.82) is 0 Å². The minimum absolute atomic E-state index is 0.284. The van der Waals surface area contributed by atoms with Crippen LogP contribution in [0.5, 0.6) is 11.5 Å². The average Bonchev–Trinajstić information content (AvgIpc) is 2.77. The van der Waals surface area contributed by atoms with Crippen molar-refractivity contribution in [1.82, 2.24) is 4.90 Å². The number of aliphatic carboxylic acids is 1. The molecule has 33 heavy (non-hydrogen) atoms. The maximum atomic E-state index is 12.8. The van der Waals surface area contributed by atoms with Crippen LogP contribution in [0.2, 0.25) is 5.02 Å². The number of nitrogens with zero attached hydrogens (tertiary/aromatic N) is 1. The number of carboxylic acid groups (broad SMARTS) is 1. The normalized spacial score (nSPS) is 14.2. The maximum absolute atomic E-state index is 12.8. The summed E-state index contributed by atoms with van der Waals surface area (Å²) in [6.07, 6.45) is 2.38. The van der Waals surface area contributed by atoms with Crippen LogP contribution in [0.15, 0.2) is 48.5 Å². The molecule has 1 aliphatic carbocycles. The van der Waals surface area contributed by atoms with Gasteiger partial charge in [-0.05, 0) is 55.5 Å². The zero-order chi connectivity index (χ0) is 23.6. The molecule has 0 bridgehead atoms. The van der Waals surface area contributed by atoms with Crippen molar-refractivity contribution in [2.24, 2.45) is 5.92 Å². The van der Waals surface area contributed by atoms with E-state index < -0.39 is 18.2 Å². The van der Waals surface area contributed by atoms with E-state index in [2.05, 4.69) is 0 Å². The molecule has 0 spiro atoms. The quantitative estimate of drug-likeness (QED) is 0.462. The minimum Gasteiger partial charge on any atom is -0.492 e. The Hall–Kier alpha value is -2.77. The van der Waals surface area contributed by atoms with Gasteiger partial charge in [0, 0.05) is 19.6 Å². The summed E-state index contributed by atoms with van der Waals surface area (Å²) in [5, 5.41) is 9.62. The first-order valence-corrected chi connectivity index (χ1v) is 11.6. The number of carboxylic acids is 1. The number of hydrogen-bond acceptors (Lipinski definition) is 5. The molecule has 1 aliphatic rings. The van der Waals surface area contributed by atoms with Gasteiger partial charge in [-0.25, -0.2) is 9.59 Å². The number of benzene rings is 2. The molecule has 2 aromatic carbocycles. The third kappa shape index (κ3) is 7.65. The number of rotatable bonds is 12. The lowest BCUT2D eigenvalue weighted by atomic mass is 9.85. The van der Waals surface area contributed by atoms with Crippen LogP contribution >= 0.6 is 11.6 Å². The minimum atomic E-state index is -0.979. The first-order chi connectivity index (χ1) is 16.0. The molecule has 1 fully saturated rings. The Labute approximate surface area is 199 Å². The summed E-state index contributed by atoms with van der Waals surface area (Å²) in [6.45, 7) is 3.42. The largest absolute Gasteiger partial charge is 0.492 e. The highest BCUT2D eigenvalue weighted by Gasteiger charge is 2.25. The summed E-state index contributed by atoms with van der Waals surface area (Å²) in [6, 6.07) is 14.1. The van der Waals surface area contributed by atoms with Gasteiger partial charge in [0.15, 0.2) is 11.9 Å². The predicted molar refractivity (Wildman–Crippen MR) is 125 cm³/mol. The highest BCUT2D eigenvalue weighted by atomic mass is 35.5. The fraction of sp³-hybridized carbons (Fsp3) is 0.440. The number of hydrogen-bond donors (Lipinski definition) is 1. The Balaban J connectivity index is 1.53. The zero-order valence-electron chi connectivity index (χ0n) is 18.7. The Kier molecular flexibility index (Phi) is 9.39. The van der Waals surface area contributed by atoms with Gasteiger partial charge in [0.2, 0.25) is 0 Å². The van der Waals surface area contributed by atoms with E-state index in [1.54, 1.807) is 48.2 Å². The van der Waals surface area contributed by atoms with Crippen molar-refractivity contribution in [3.05, 3.63) is 59.1 Å². The van der Waals surface area contributed by atoms with E-state index in [4.69, 9.17) is 25.8 Å². The Morgan fingerprint density at radius 2 is 1.88 bits per heavy atom. The SMILES string of the molecule is CCOC(Cc1ccc(OCCN(CC2CCC2)C(=O)Oc2ccccc2Cl)cc1)C(=O)O. The van der Waals surface area contributed by atoms with Crippen LogP contribution in [-0.2, 0) is 16.0 Å². The highest BCUT2D eigenvalue weighted by Crippen LogP contribution is 2.28. The van der Waals surface area contributed by atoms with E-state index in [0.717, 1.165) is 18.4 Å². The molecule has 0 saturated heterocycles. The predicted octanol–water partition coefficient (Wildman–Crippen LogP) is 5.05. The lowest BCUT2D eigenvalue weighted by Crippen LogP contribution is -2.41. The Morgan fingerprint density at radius 3 is 2.48 bits per heavy atom. The van der Waals surface area contributed by atoms with Gasteiger partial charge in [-0.3, -0.25) is 0 Å². The molecule has 3 rings (SSSR count). The number of carbonyl (C=O) groups excluding carboxylic acids is 1. The van der Waals surface area contributed by atoms with Crippen molar-refractivity contribution >= 4 is 23.7 Å². The number of ether oxygens (including phenoxy) is 3. The van der Waals surface area contributed by atoms with Crippen molar-refractivity contribution in [2.45, 2.75) is 38.7 Å². The molecular formula is C25H30ClNO6. The molecule has 1 N–H and O–H groups in total. The van der Waals surface area contributed by atoms with Crippen LogP contribution < -0.4 is 9.47 Å². The molecule has 1 amide bonds. The van der Waals surface area contributed by atoms with Crippen LogP contribution in [0.25, 0.3) is 0 Å². The van der Waals surface area contributed by atoms with Gasteiger partial charge in [0.05, 0.1) is 11.6 Å². The van der Waals surface area contributed by atoms with Gasteiger partial charge in [-0.15, -0.1) is 0 Å². The summed E-state index contributed by atoms with van der Waals surface area (Å²) < 4.78 is 16.6. The molecular weight excluding hydrogens is 446 g/mol. The molecule has 2 aromatic rings. The molecule has 0 radical (unpaired) electrons. The Morgan fingerprint density at radius 1 is 1.15 bits per heavy atom. The second-order valence-electron chi connectivity index (χ2n) is 8.02. The van der Waals surface area contributed by atoms with E-state index in [-0.39, 0.29) is 6.42 Å². The van der Waals surface area contributed by atoms with Gasteiger partial charge < -0.3 is 24.2 Å². The second kappa shape index (κ2) is 12.5. The van der Waals surface area contributed by atoms with Crippen molar-refractivity contribution in [2.75, 3.05) is 26.3 Å². The van der Waals surface area contributed by atoms with Gasteiger partial charge in [0.25, 0.3) is 0 Å². The van der Waals surface area contributed by atoms with Gasteiger partial charge >= 0.3 is 12.1 Å². The monoisotopic (exact) mass is 475 g/mol. The molecule has 0 aliphatic heterocycles. The summed E-state index contributed by atoms with van der Waals surface area (Å²) in [4.78, 5) is 25.7. The summed E-state index contributed by atoms with van der Waals surface area (Å²) in [5.74, 6) is 0.485. The summed E-state index contributed by atoms with van der Waals surface area (Å²) >= 11 is 6.12. The van der Waals surface area contributed by atoms with Gasteiger partial charge in [-0.1, -0.05) is 42.3 Å². The number of carbonyl (C=O) groups is 2. The van der Waals surface area contributed by atoms with E-state index >= 15 is 0 Å². The fourth-order valence-electron chi connectivity index (χ4n) is 3.56. The van der Waals surface area contributed by atoms with Crippen molar-refractivity contribution in [3.63, 3.8) is 0 Å². The Bertz CT molecular complexity index is 915. The van der Waals surface area contributed by atoms with Gasteiger partial charge in [0.1, 0.15) is 12.4 Å². The lowest BCUT2D eigenvalue weighted by Gasteiger charge is -2.31. The summed E-state index contributed by atoms with van der Waals surface area (Å²) in [7, 11) is 0. The third-order valence-electron chi connectivity index (χ3n) is 5.61. The lowest BCUT2D eigenvalue weighted by molar-refractivity contribution is -0.149. The van der Waals surface area contributed by atoms with E-state index in [0.29, 0.717) is 48.7 Å². The second-order valence-corrected chi connectivity index (χ2v) is 8.43. The maximum Gasteiger partial charge on any atom is 0.415 e. The number of para-hydroxylation sites is 1. The average molecular weight is 476 g/mol. The smallest absolute Gasteiger partial charge is 0.415 e. The molecule has 0 heterocycles. The summed E-state index contributed by atoms with van der Waals surface area (Å²) in [5.41, 5.74) is 0.845. The molecule has 1 atom stereocenters. The first kappa shape index (κ1) is 24.9. The van der Waals surface area contributed by atoms with E-state index in [1.807, 2.05) is 12.1 Å². The molecule has 8 heteroatoms.